The molecule has 2 N–H and O–H groups in total. The lowest BCUT2D eigenvalue weighted by molar-refractivity contribution is 0.394. The van der Waals surface area contributed by atoms with Crippen molar-refractivity contribution < 1.29 is 10.2 Å². The molecule has 0 aliphatic rings. The molecule has 0 amide bonds. The SMILES string of the molecule is CCCCCCCCCCCCCCCCCCn1cc(O)c(O)cc1=O. The van der Waals surface area contributed by atoms with E-state index in [0.717, 1.165) is 18.9 Å². The summed E-state index contributed by atoms with van der Waals surface area (Å²) < 4.78 is 1.47. The average Bonchev–Trinajstić information content (AvgIpc) is 2.65. The summed E-state index contributed by atoms with van der Waals surface area (Å²) in [6, 6.07) is 1.07. The van der Waals surface area contributed by atoms with Crippen LogP contribution >= 0.6 is 0 Å². The molecule has 0 aliphatic carbocycles. The number of pyridine rings is 1. The predicted molar refractivity (Wildman–Crippen MR) is 114 cm³/mol. The van der Waals surface area contributed by atoms with E-state index in [1.807, 2.05) is 0 Å². The van der Waals surface area contributed by atoms with Gasteiger partial charge in [-0.05, 0) is 6.42 Å². The Morgan fingerprint density at radius 3 is 1.52 bits per heavy atom. The van der Waals surface area contributed by atoms with E-state index in [0.29, 0.717) is 6.54 Å². The highest BCUT2D eigenvalue weighted by Gasteiger charge is 2.03. The second kappa shape index (κ2) is 15.6. The quantitative estimate of drug-likeness (QED) is 0.303. The summed E-state index contributed by atoms with van der Waals surface area (Å²) in [5, 5.41) is 18.7. The number of rotatable bonds is 17. The van der Waals surface area contributed by atoms with Crippen LogP contribution in [0.1, 0.15) is 110 Å². The molecule has 0 radical (unpaired) electrons. The number of hydrogen-bond acceptors (Lipinski definition) is 3. The molecular formula is C23H41NO3. The van der Waals surface area contributed by atoms with Gasteiger partial charge in [-0.2, -0.15) is 0 Å². The summed E-state index contributed by atoms with van der Waals surface area (Å²) in [6.07, 6.45) is 22.5. The van der Waals surface area contributed by atoms with Gasteiger partial charge in [0, 0.05) is 12.6 Å². The second-order valence-corrected chi connectivity index (χ2v) is 7.88. The number of aryl methyl sites for hydroxylation is 1. The van der Waals surface area contributed by atoms with Crippen molar-refractivity contribution in [1.82, 2.24) is 4.57 Å². The summed E-state index contributed by atoms with van der Waals surface area (Å²) >= 11 is 0. The molecule has 0 saturated heterocycles. The highest BCUT2D eigenvalue weighted by molar-refractivity contribution is 5.33. The van der Waals surface area contributed by atoms with Crippen LogP contribution in [0, 0.1) is 0 Å². The Hall–Kier alpha value is -1.45. The topological polar surface area (TPSA) is 62.5 Å². The molecule has 1 rings (SSSR count). The van der Waals surface area contributed by atoms with Gasteiger partial charge in [-0.25, -0.2) is 0 Å². The molecule has 156 valence electrons. The molecule has 4 nitrogen and oxygen atoms in total. The number of unbranched alkanes of at least 4 members (excludes halogenated alkanes) is 15. The molecule has 1 aromatic rings. The molecule has 0 unspecified atom stereocenters. The van der Waals surface area contributed by atoms with Gasteiger partial charge in [-0.15, -0.1) is 0 Å². The monoisotopic (exact) mass is 379 g/mol. The van der Waals surface area contributed by atoms with Crippen molar-refractivity contribution in [3.8, 4) is 11.5 Å². The van der Waals surface area contributed by atoms with Crippen molar-refractivity contribution >= 4 is 0 Å². The van der Waals surface area contributed by atoms with E-state index in [9.17, 15) is 15.0 Å². The lowest BCUT2D eigenvalue weighted by atomic mass is 10.0. The summed E-state index contributed by atoms with van der Waals surface area (Å²) in [6.45, 7) is 2.87. The van der Waals surface area contributed by atoms with E-state index in [4.69, 9.17) is 0 Å². The van der Waals surface area contributed by atoms with Gasteiger partial charge in [-0.1, -0.05) is 103 Å². The lowest BCUT2D eigenvalue weighted by Crippen LogP contribution is -2.18. The zero-order valence-corrected chi connectivity index (χ0v) is 17.4. The third kappa shape index (κ3) is 11.8. The first-order valence-electron chi connectivity index (χ1n) is 11.3. The fraction of sp³-hybridized carbons (Fsp3) is 0.783. The minimum absolute atomic E-state index is 0.230. The predicted octanol–water partition coefficient (Wildman–Crippen LogP) is 6.52. The van der Waals surface area contributed by atoms with Crippen LogP contribution in [0.25, 0.3) is 0 Å². The zero-order chi connectivity index (χ0) is 19.7. The van der Waals surface area contributed by atoms with Gasteiger partial charge in [0.2, 0.25) is 0 Å². The first-order chi connectivity index (χ1) is 13.1. The smallest absolute Gasteiger partial charge is 0.254 e. The Balaban J connectivity index is 1.86. The van der Waals surface area contributed by atoms with Crippen LogP contribution in [-0.2, 0) is 6.54 Å². The van der Waals surface area contributed by atoms with Gasteiger partial charge in [-0.3, -0.25) is 4.79 Å². The Morgan fingerprint density at radius 2 is 1.07 bits per heavy atom. The fourth-order valence-electron chi connectivity index (χ4n) is 3.56. The summed E-state index contributed by atoms with van der Waals surface area (Å²) in [4.78, 5) is 11.7. The third-order valence-electron chi connectivity index (χ3n) is 5.34. The van der Waals surface area contributed by atoms with Gasteiger partial charge in [0.05, 0.1) is 6.20 Å². The van der Waals surface area contributed by atoms with Crippen molar-refractivity contribution in [2.45, 2.75) is 116 Å². The van der Waals surface area contributed by atoms with Crippen molar-refractivity contribution in [3.05, 3.63) is 22.6 Å². The molecule has 1 aromatic heterocycles. The third-order valence-corrected chi connectivity index (χ3v) is 5.34. The molecule has 0 saturated carbocycles. The molecule has 0 atom stereocenters. The van der Waals surface area contributed by atoms with Crippen LogP contribution in [0.4, 0.5) is 0 Å². The Kier molecular flexibility index (Phi) is 13.6. The first kappa shape index (κ1) is 23.6. The molecule has 27 heavy (non-hydrogen) atoms. The summed E-state index contributed by atoms with van der Waals surface area (Å²) in [5.74, 6) is -0.575. The van der Waals surface area contributed by atoms with Crippen molar-refractivity contribution in [2.75, 3.05) is 0 Å². The molecule has 0 bridgehead atoms. The van der Waals surface area contributed by atoms with Gasteiger partial charge in [0.25, 0.3) is 5.56 Å². The summed E-state index contributed by atoms with van der Waals surface area (Å²) in [5.41, 5.74) is -0.258. The van der Waals surface area contributed by atoms with E-state index in [2.05, 4.69) is 6.92 Å². The average molecular weight is 380 g/mol. The van der Waals surface area contributed by atoms with Crippen LogP contribution in [0.15, 0.2) is 17.1 Å². The Labute approximate surface area is 165 Å². The van der Waals surface area contributed by atoms with Crippen molar-refractivity contribution in [2.24, 2.45) is 0 Å². The minimum atomic E-state index is -0.344. The maximum Gasteiger partial charge on any atom is 0.254 e. The van der Waals surface area contributed by atoms with E-state index in [1.165, 1.54) is 101 Å². The largest absolute Gasteiger partial charge is 0.504 e. The van der Waals surface area contributed by atoms with Crippen LogP contribution < -0.4 is 5.56 Å². The fourth-order valence-corrected chi connectivity index (χ4v) is 3.56. The van der Waals surface area contributed by atoms with Crippen LogP contribution in [-0.4, -0.2) is 14.8 Å². The van der Waals surface area contributed by atoms with E-state index in [-0.39, 0.29) is 17.1 Å². The van der Waals surface area contributed by atoms with Gasteiger partial charge in [0.1, 0.15) is 0 Å². The van der Waals surface area contributed by atoms with Gasteiger partial charge < -0.3 is 14.8 Å². The maximum atomic E-state index is 11.7. The molecular weight excluding hydrogens is 338 g/mol. The lowest BCUT2D eigenvalue weighted by Gasteiger charge is -2.07. The Bertz CT molecular complexity index is 539. The summed E-state index contributed by atoms with van der Waals surface area (Å²) in [7, 11) is 0. The normalized spacial score (nSPS) is 11.1. The van der Waals surface area contributed by atoms with E-state index >= 15 is 0 Å². The number of nitrogens with zero attached hydrogens (tertiary/aromatic N) is 1. The minimum Gasteiger partial charge on any atom is -0.504 e. The zero-order valence-electron chi connectivity index (χ0n) is 17.4. The van der Waals surface area contributed by atoms with E-state index in [1.54, 1.807) is 0 Å². The number of aromatic hydroxyl groups is 2. The van der Waals surface area contributed by atoms with Gasteiger partial charge in [0.15, 0.2) is 11.5 Å². The van der Waals surface area contributed by atoms with Crippen LogP contribution in [0.5, 0.6) is 11.5 Å². The van der Waals surface area contributed by atoms with Crippen molar-refractivity contribution in [1.29, 1.82) is 0 Å². The first-order valence-corrected chi connectivity index (χ1v) is 11.3. The highest BCUT2D eigenvalue weighted by atomic mass is 16.3. The number of aromatic nitrogens is 1. The highest BCUT2D eigenvalue weighted by Crippen LogP contribution is 2.20. The molecule has 1 heterocycles. The number of hydrogen-bond donors (Lipinski definition) is 2. The van der Waals surface area contributed by atoms with E-state index < -0.39 is 0 Å². The van der Waals surface area contributed by atoms with Crippen molar-refractivity contribution in [3.63, 3.8) is 0 Å². The van der Waals surface area contributed by atoms with Crippen LogP contribution in [0.3, 0.4) is 0 Å². The molecule has 0 aromatic carbocycles. The standard InChI is InChI=1S/C23H41NO3/c1-2-3-4-5-6-7-8-9-10-11-12-13-14-15-16-17-18-24-20-22(26)21(25)19-23(24)27/h19-20,25-26H,2-18H2,1H3. The van der Waals surface area contributed by atoms with Crippen LogP contribution in [0.2, 0.25) is 0 Å². The van der Waals surface area contributed by atoms with Gasteiger partial charge >= 0.3 is 0 Å². The molecule has 0 spiro atoms. The molecule has 0 aliphatic heterocycles. The second-order valence-electron chi connectivity index (χ2n) is 7.88. The molecule has 4 heteroatoms. The molecule has 0 fully saturated rings. The Morgan fingerprint density at radius 1 is 0.667 bits per heavy atom. The maximum absolute atomic E-state index is 11.7.